The Morgan fingerprint density at radius 2 is 1.81 bits per heavy atom. The highest BCUT2D eigenvalue weighted by Crippen LogP contribution is 2.26. The van der Waals surface area contributed by atoms with E-state index in [9.17, 15) is 14.0 Å². The first-order valence-corrected chi connectivity index (χ1v) is 11.4. The summed E-state index contributed by atoms with van der Waals surface area (Å²) < 4.78 is 20.0. The van der Waals surface area contributed by atoms with Gasteiger partial charge in [-0.1, -0.05) is 42.6 Å². The van der Waals surface area contributed by atoms with Gasteiger partial charge in [-0.05, 0) is 62.9 Å². The topological polar surface area (TPSA) is 58.6 Å². The molecule has 0 radical (unpaired) electrons. The molecule has 1 N–H and O–H groups in total. The van der Waals surface area contributed by atoms with E-state index in [4.69, 9.17) is 16.3 Å². The molecule has 3 rings (SSSR count). The Morgan fingerprint density at radius 1 is 1.19 bits per heavy atom. The summed E-state index contributed by atoms with van der Waals surface area (Å²) in [6.45, 7) is 5.11. The third-order valence-corrected chi connectivity index (χ3v) is 6.54. The Labute approximate surface area is 193 Å². The molecular formula is C25H30ClFN2O3. The lowest BCUT2D eigenvalue weighted by molar-refractivity contribution is -0.142. The van der Waals surface area contributed by atoms with Gasteiger partial charge in [-0.25, -0.2) is 4.39 Å². The number of ether oxygens (including phenoxy) is 1. The minimum atomic E-state index is -0.764. The number of halogens is 2. The molecule has 7 heteroatoms. The van der Waals surface area contributed by atoms with Gasteiger partial charge in [0, 0.05) is 23.2 Å². The van der Waals surface area contributed by atoms with Gasteiger partial charge in [-0.15, -0.1) is 0 Å². The Kier molecular flexibility index (Phi) is 8.13. The molecule has 0 spiro atoms. The van der Waals surface area contributed by atoms with Crippen molar-refractivity contribution in [2.24, 2.45) is 0 Å². The van der Waals surface area contributed by atoms with Crippen LogP contribution in [-0.2, 0) is 16.1 Å². The van der Waals surface area contributed by atoms with E-state index in [1.54, 1.807) is 37.3 Å². The molecular weight excluding hydrogens is 431 g/mol. The van der Waals surface area contributed by atoms with Crippen LogP contribution < -0.4 is 10.1 Å². The molecule has 1 atom stereocenters. The van der Waals surface area contributed by atoms with Gasteiger partial charge < -0.3 is 15.0 Å². The highest BCUT2D eigenvalue weighted by molar-refractivity contribution is 6.32. The summed E-state index contributed by atoms with van der Waals surface area (Å²) in [7, 11) is 0. The summed E-state index contributed by atoms with van der Waals surface area (Å²) in [5.41, 5.74) is 2.04. The molecule has 0 bridgehead atoms. The fourth-order valence-electron chi connectivity index (χ4n) is 4.00. The molecule has 0 aliphatic heterocycles. The molecule has 2 amide bonds. The molecule has 0 saturated heterocycles. The molecule has 32 heavy (non-hydrogen) atoms. The van der Waals surface area contributed by atoms with E-state index in [1.165, 1.54) is 11.0 Å². The van der Waals surface area contributed by atoms with Crippen molar-refractivity contribution in [1.29, 1.82) is 0 Å². The van der Waals surface area contributed by atoms with Gasteiger partial charge in [0.1, 0.15) is 17.6 Å². The van der Waals surface area contributed by atoms with Gasteiger partial charge in [0.05, 0.1) is 0 Å². The second kappa shape index (κ2) is 10.8. The number of carbonyl (C=O) groups excluding carboxylic acids is 2. The van der Waals surface area contributed by atoms with Gasteiger partial charge >= 0.3 is 0 Å². The predicted molar refractivity (Wildman–Crippen MR) is 123 cm³/mol. The zero-order chi connectivity index (χ0) is 23.3. The number of amides is 2. The molecule has 172 valence electrons. The van der Waals surface area contributed by atoms with E-state index >= 15 is 0 Å². The minimum Gasteiger partial charge on any atom is -0.484 e. The summed E-state index contributed by atoms with van der Waals surface area (Å²) in [5, 5.41) is 3.68. The van der Waals surface area contributed by atoms with E-state index in [-0.39, 0.29) is 25.1 Å². The molecule has 0 unspecified atom stereocenters. The second-order valence-electron chi connectivity index (χ2n) is 8.44. The number of hydrogen-bond donors (Lipinski definition) is 1. The average molecular weight is 461 g/mol. The number of benzene rings is 2. The van der Waals surface area contributed by atoms with Gasteiger partial charge in [0.25, 0.3) is 5.91 Å². The lowest BCUT2D eigenvalue weighted by Crippen LogP contribution is -2.50. The third-order valence-electron chi connectivity index (χ3n) is 5.94. The van der Waals surface area contributed by atoms with E-state index in [0.29, 0.717) is 16.3 Å². The first-order chi connectivity index (χ1) is 15.3. The van der Waals surface area contributed by atoms with E-state index in [1.807, 2.05) is 13.8 Å². The highest BCUT2D eigenvalue weighted by Gasteiger charge is 2.29. The van der Waals surface area contributed by atoms with Crippen molar-refractivity contribution in [2.75, 3.05) is 6.61 Å². The van der Waals surface area contributed by atoms with E-state index in [0.717, 1.165) is 36.8 Å². The molecule has 5 nitrogen and oxygen atoms in total. The fourth-order valence-corrected chi connectivity index (χ4v) is 4.11. The zero-order valence-electron chi connectivity index (χ0n) is 18.8. The lowest BCUT2D eigenvalue weighted by Gasteiger charge is -2.29. The number of nitrogens with one attached hydrogen (secondary N) is 1. The summed E-state index contributed by atoms with van der Waals surface area (Å²) in [5.74, 6) is -0.530. The number of aryl methyl sites for hydroxylation is 2. The van der Waals surface area contributed by atoms with Crippen LogP contribution in [0.5, 0.6) is 5.75 Å². The van der Waals surface area contributed by atoms with Gasteiger partial charge in [0.15, 0.2) is 6.61 Å². The Bertz CT molecular complexity index is 952. The number of hydrogen-bond acceptors (Lipinski definition) is 3. The van der Waals surface area contributed by atoms with Crippen molar-refractivity contribution < 1.29 is 18.7 Å². The Balaban J connectivity index is 1.75. The van der Waals surface area contributed by atoms with Crippen LogP contribution in [0.3, 0.4) is 0 Å². The molecule has 0 heterocycles. The van der Waals surface area contributed by atoms with Crippen molar-refractivity contribution in [2.45, 2.75) is 65.1 Å². The van der Waals surface area contributed by atoms with Crippen molar-refractivity contribution >= 4 is 23.4 Å². The predicted octanol–water partition coefficient (Wildman–Crippen LogP) is 4.95. The van der Waals surface area contributed by atoms with Crippen molar-refractivity contribution in [3.05, 3.63) is 63.9 Å². The average Bonchev–Trinajstić information content (AvgIpc) is 3.27. The van der Waals surface area contributed by atoms with Crippen LogP contribution in [0.15, 0.2) is 36.4 Å². The summed E-state index contributed by atoms with van der Waals surface area (Å²) in [6.07, 6.45) is 4.06. The monoisotopic (exact) mass is 460 g/mol. The molecule has 2 aromatic rings. The largest absolute Gasteiger partial charge is 0.484 e. The molecule has 2 aromatic carbocycles. The normalized spacial score (nSPS) is 14.8. The minimum absolute atomic E-state index is 0.0210. The van der Waals surface area contributed by atoms with Crippen LogP contribution >= 0.6 is 11.6 Å². The maximum atomic E-state index is 14.3. The second-order valence-corrected chi connectivity index (χ2v) is 8.82. The maximum absolute atomic E-state index is 14.3. The SMILES string of the molecule is Cc1cc(OCC(=O)N(Cc2ccccc2F)[C@@H](C)C(=O)NC2CCCC2)cc(C)c1Cl. The summed E-state index contributed by atoms with van der Waals surface area (Å²) in [4.78, 5) is 27.4. The summed E-state index contributed by atoms with van der Waals surface area (Å²) in [6, 6.07) is 9.16. The van der Waals surface area contributed by atoms with Crippen LogP contribution in [0.1, 0.15) is 49.3 Å². The smallest absolute Gasteiger partial charge is 0.261 e. The van der Waals surface area contributed by atoms with Crippen molar-refractivity contribution in [1.82, 2.24) is 10.2 Å². The van der Waals surface area contributed by atoms with Crippen LogP contribution in [0.25, 0.3) is 0 Å². The maximum Gasteiger partial charge on any atom is 0.261 e. The third kappa shape index (κ3) is 6.00. The molecule has 1 aliphatic rings. The van der Waals surface area contributed by atoms with E-state index in [2.05, 4.69) is 5.32 Å². The van der Waals surface area contributed by atoms with Crippen LogP contribution in [0.4, 0.5) is 4.39 Å². The zero-order valence-corrected chi connectivity index (χ0v) is 19.5. The summed E-state index contributed by atoms with van der Waals surface area (Å²) >= 11 is 6.20. The quantitative estimate of drug-likeness (QED) is 0.606. The number of carbonyl (C=O) groups is 2. The van der Waals surface area contributed by atoms with Gasteiger partial charge in [-0.3, -0.25) is 9.59 Å². The highest BCUT2D eigenvalue weighted by atomic mass is 35.5. The van der Waals surface area contributed by atoms with E-state index < -0.39 is 17.8 Å². The lowest BCUT2D eigenvalue weighted by atomic mass is 10.1. The van der Waals surface area contributed by atoms with Crippen molar-refractivity contribution in [3.63, 3.8) is 0 Å². The molecule has 1 fully saturated rings. The fraction of sp³-hybridized carbons (Fsp3) is 0.440. The first-order valence-electron chi connectivity index (χ1n) is 11.0. The van der Waals surface area contributed by atoms with Gasteiger partial charge in [0.2, 0.25) is 5.91 Å². The number of nitrogens with zero attached hydrogens (tertiary/aromatic N) is 1. The molecule has 0 aromatic heterocycles. The standard InChI is InChI=1S/C25H30ClFN2O3/c1-16-12-21(13-17(2)24(16)26)32-15-23(30)29(14-19-8-4-7-11-22(19)27)18(3)25(31)28-20-9-5-6-10-20/h4,7-8,11-13,18,20H,5-6,9-10,14-15H2,1-3H3,(H,28,31)/t18-/m0/s1. The first kappa shape index (κ1) is 24.1. The van der Waals surface area contributed by atoms with Crippen molar-refractivity contribution in [3.8, 4) is 5.75 Å². The van der Waals surface area contributed by atoms with Gasteiger partial charge in [-0.2, -0.15) is 0 Å². The Hall–Kier alpha value is -2.60. The van der Waals surface area contributed by atoms with Crippen LogP contribution in [0, 0.1) is 19.7 Å². The van der Waals surface area contributed by atoms with Crippen LogP contribution in [-0.4, -0.2) is 35.4 Å². The Morgan fingerprint density at radius 3 is 2.44 bits per heavy atom. The van der Waals surface area contributed by atoms with Crippen LogP contribution in [0.2, 0.25) is 5.02 Å². The molecule has 1 saturated carbocycles. The number of rotatable bonds is 8. The molecule has 1 aliphatic carbocycles.